The van der Waals surface area contributed by atoms with Gasteiger partial charge < -0.3 is 4.57 Å². The molecule has 1 aliphatic carbocycles. The molecule has 3 nitrogen and oxygen atoms in total. The summed E-state index contributed by atoms with van der Waals surface area (Å²) in [6, 6.07) is 13.0. The van der Waals surface area contributed by atoms with Gasteiger partial charge in [-0.2, -0.15) is 0 Å². The SMILES string of the molecule is O=C1/C(=C/n2ccnc2)C(c2ccc(Cl)cc2)c2ccc(Cl)cc21. The summed E-state index contributed by atoms with van der Waals surface area (Å²) in [5, 5.41) is 1.22. The summed E-state index contributed by atoms with van der Waals surface area (Å²) in [7, 11) is 0. The van der Waals surface area contributed by atoms with Gasteiger partial charge in [-0.25, -0.2) is 4.98 Å². The number of hydrogen-bond donors (Lipinski definition) is 0. The first-order valence-electron chi connectivity index (χ1n) is 7.42. The molecule has 0 saturated heterocycles. The second kappa shape index (κ2) is 5.93. The van der Waals surface area contributed by atoms with Crippen LogP contribution in [0.25, 0.3) is 6.20 Å². The third kappa shape index (κ3) is 2.56. The van der Waals surface area contributed by atoms with E-state index in [1.807, 2.05) is 42.6 Å². The van der Waals surface area contributed by atoms with E-state index in [2.05, 4.69) is 4.98 Å². The van der Waals surface area contributed by atoms with Gasteiger partial charge in [-0.1, -0.05) is 41.4 Å². The molecule has 24 heavy (non-hydrogen) atoms. The quantitative estimate of drug-likeness (QED) is 0.603. The summed E-state index contributed by atoms with van der Waals surface area (Å²) in [6.45, 7) is 0. The molecule has 0 amide bonds. The third-order valence-corrected chi connectivity index (χ3v) is 4.65. The molecule has 5 heteroatoms. The largest absolute Gasteiger partial charge is 0.313 e. The smallest absolute Gasteiger partial charge is 0.191 e. The minimum atomic E-state index is -0.149. The minimum Gasteiger partial charge on any atom is -0.313 e. The molecule has 3 aromatic rings. The van der Waals surface area contributed by atoms with E-state index in [9.17, 15) is 4.79 Å². The lowest BCUT2D eigenvalue weighted by Crippen LogP contribution is -2.03. The van der Waals surface area contributed by atoms with Crippen LogP contribution in [0.1, 0.15) is 27.4 Å². The van der Waals surface area contributed by atoms with Crippen molar-refractivity contribution in [1.82, 2.24) is 9.55 Å². The van der Waals surface area contributed by atoms with Gasteiger partial charge in [0.25, 0.3) is 0 Å². The Labute approximate surface area is 149 Å². The Morgan fingerprint density at radius 2 is 1.79 bits per heavy atom. The van der Waals surface area contributed by atoms with E-state index in [0.717, 1.165) is 11.1 Å². The molecule has 1 heterocycles. The van der Waals surface area contributed by atoms with Gasteiger partial charge in [-0.3, -0.25) is 4.79 Å². The van der Waals surface area contributed by atoms with Crippen LogP contribution in [0, 0.1) is 0 Å². The summed E-state index contributed by atoms with van der Waals surface area (Å²) >= 11 is 12.1. The number of benzene rings is 2. The molecule has 0 bridgehead atoms. The minimum absolute atomic E-state index is 0.0128. The molecule has 118 valence electrons. The summed E-state index contributed by atoms with van der Waals surface area (Å²) < 4.78 is 1.78. The van der Waals surface area contributed by atoms with Crippen LogP contribution in [0.3, 0.4) is 0 Å². The lowest BCUT2D eigenvalue weighted by molar-refractivity contribution is 0.103. The number of imidazole rings is 1. The zero-order valence-corrected chi connectivity index (χ0v) is 14.0. The van der Waals surface area contributed by atoms with E-state index >= 15 is 0 Å². The maximum absolute atomic E-state index is 12.9. The molecular weight excluding hydrogens is 343 g/mol. The van der Waals surface area contributed by atoms with Crippen LogP contribution in [0.5, 0.6) is 0 Å². The van der Waals surface area contributed by atoms with Crippen molar-refractivity contribution in [1.29, 1.82) is 0 Å². The fourth-order valence-electron chi connectivity index (χ4n) is 3.08. The molecule has 0 aliphatic heterocycles. The molecule has 0 saturated carbocycles. The number of allylic oxidation sites excluding steroid dienone is 1. The molecule has 2 aromatic carbocycles. The van der Waals surface area contributed by atoms with Crippen LogP contribution >= 0.6 is 23.2 Å². The zero-order valence-electron chi connectivity index (χ0n) is 12.5. The number of rotatable bonds is 2. The normalized spacial score (nSPS) is 18.2. The van der Waals surface area contributed by atoms with Crippen molar-refractivity contribution in [2.75, 3.05) is 0 Å². The van der Waals surface area contributed by atoms with Crippen LogP contribution in [0.2, 0.25) is 10.0 Å². The van der Waals surface area contributed by atoms with Gasteiger partial charge in [0.1, 0.15) is 0 Å². The van der Waals surface area contributed by atoms with Crippen molar-refractivity contribution >= 4 is 35.2 Å². The molecular formula is C19H12Cl2N2O. The first-order chi connectivity index (χ1) is 11.6. The van der Waals surface area contributed by atoms with E-state index in [1.54, 1.807) is 29.4 Å². The number of carbonyl (C=O) groups is 1. The number of aromatic nitrogens is 2. The Morgan fingerprint density at radius 3 is 2.50 bits per heavy atom. The molecule has 0 N–H and O–H groups in total. The number of Topliss-reactive ketones (excluding diaryl/α,β-unsaturated/α-hetero) is 1. The van der Waals surface area contributed by atoms with Gasteiger partial charge in [-0.05, 0) is 35.4 Å². The summed E-state index contributed by atoms with van der Waals surface area (Å²) in [6.07, 6.45) is 6.96. The number of carbonyl (C=O) groups excluding carboxylic acids is 1. The molecule has 1 atom stereocenters. The number of nitrogens with zero attached hydrogens (tertiary/aromatic N) is 2. The standard InChI is InChI=1S/C19H12Cl2N2O/c20-13-3-1-12(2-4-13)18-15-6-5-14(21)9-16(15)19(24)17(18)10-23-8-7-22-11-23/h1-11,18H/b17-10+. The van der Waals surface area contributed by atoms with Crippen molar-refractivity contribution in [3.05, 3.63) is 93.5 Å². The first kappa shape index (κ1) is 15.2. The Morgan fingerprint density at radius 1 is 1.04 bits per heavy atom. The summed E-state index contributed by atoms with van der Waals surface area (Å²) in [5.41, 5.74) is 3.31. The van der Waals surface area contributed by atoms with E-state index in [4.69, 9.17) is 23.2 Å². The topological polar surface area (TPSA) is 34.9 Å². The molecule has 0 radical (unpaired) electrons. The van der Waals surface area contributed by atoms with E-state index in [-0.39, 0.29) is 11.7 Å². The Kier molecular flexibility index (Phi) is 3.75. The number of halogens is 2. The molecule has 1 aromatic heterocycles. The summed E-state index contributed by atoms with van der Waals surface area (Å²) in [5.74, 6) is -0.161. The van der Waals surface area contributed by atoms with Crippen LogP contribution in [0.15, 0.2) is 66.8 Å². The first-order valence-corrected chi connectivity index (χ1v) is 8.18. The second-order valence-corrected chi connectivity index (χ2v) is 6.51. The fourth-order valence-corrected chi connectivity index (χ4v) is 3.38. The molecule has 0 fully saturated rings. The Bertz CT molecular complexity index is 944. The van der Waals surface area contributed by atoms with Gasteiger partial charge in [0.05, 0.1) is 6.33 Å². The van der Waals surface area contributed by atoms with E-state index in [1.165, 1.54) is 0 Å². The molecule has 4 rings (SSSR count). The predicted octanol–water partition coefficient (Wildman–Crippen LogP) is 5.06. The highest BCUT2D eigenvalue weighted by Gasteiger charge is 2.35. The number of ketones is 1. The van der Waals surface area contributed by atoms with Crippen LogP contribution in [-0.4, -0.2) is 15.3 Å². The van der Waals surface area contributed by atoms with E-state index in [0.29, 0.717) is 21.2 Å². The monoisotopic (exact) mass is 354 g/mol. The van der Waals surface area contributed by atoms with Crippen LogP contribution in [0.4, 0.5) is 0 Å². The Balaban J connectivity index is 1.91. The molecule has 1 aliphatic rings. The summed E-state index contributed by atoms with van der Waals surface area (Å²) in [4.78, 5) is 17.0. The lowest BCUT2D eigenvalue weighted by Gasteiger charge is -2.14. The highest BCUT2D eigenvalue weighted by atomic mass is 35.5. The maximum Gasteiger partial charge on any atom is 0.191 e. The van der Waals surface area contributed by atoms with Crippen molar-refractivity contribution in [3.63, 3.8) is 0 Å². The van der Waals surface area contributed by atoms with Gasteiger partial charge in [-0.15, -0.1) is 0 Å². The van der Waals surface area contributed by atoms with Crippen molar-refractivity contribution in [2.45, 2.75) is 5.92 Å². The van der Waals surface area contributed by atoms with Crippen LogP contribution in [-0.2, 0) is 0 Å². The maximum atomic E-state index is 12.9. The third-order valence-electron chi connectivity index (χ3n) is 4.16. The van der Waals surface area contributed by atoms with Crippen molar-refractivity contribution in [3.8, 4) is 0 Å². The van der Waals surface area contributed by atoms with Gasteiger partial charge >= 0.3 is 0 Å². The lowest BCUT2D eigenvalue weighted by atomic mass is 9.90. The fraction of sp³-hybridized carbons (Fsp3) is 0.0526. The highest BCUT2D eigenvalue weighted by Crippen LogP contribution is 2.43. The Hall–Kier alpha value is -2.36. The van der Waals surface area contributed by atoms with Gasteiger partial charge in [0.15, 0.2) is 5.78 Å². The second-order valence-electron chi connectivity index (χ2n) is 5.64. The number of fused-ring (bicyclic) bond motifs is 1. The van der Waals surface area contributed by atoms with E-state index < -0.39 is 0 Å². The van der Waals surface area contributed by atoms with Crippen molar-refractivity contribution < 1.29 is 4.79 Å². The highest BCUT2D eigenvalue weighted by molar-refractivity contribution is 6.31. The predicted molar refractivity (Wildman–Crippen MR) is 95.6 cm³/mol. The molecule has 0 spiro atoms. The van der Waals surface area contributed by atoms with Gasteiger partial charge in [0, 0.05) is 45.7 Å². The molecule has 1 unspecified atom stereocenters. The average molecular weight is 355 g/mol. The average Bonchev–Trinajstić information content (AvgIpc) is 3.17. The van der Waals surface area contributed by atoms with Gasteiger partial charge in [0.2, 0.25) is 0 Å². The number of hydrogen-bond acceptors (Lipinski definition) is 2. The van der Waals surface area contributed by atoms with Crippen molar-refractivity contribution in [2.24, 2.45) is 0 Å². The zero-order chi connectivity index (χ0) is 16.7. The van der Waals surface area contributed by atoms with Crippen LogP contribution < -0.4 is 0 Å².